The fourth-order valence-electron chi connectivity index (χ4n) is 4.57. The van der Waals surface area contributed by atoms with Gasteiger partial charge in [0, 0.05) is 11.1 Å². The van der Waals surface area contributed by atoms with Gasteiger partial charge in [0.25, 0.3) is 0 Å². The van der Waals surface area contributed by atoms with Gasteiger partial charge in [-0.3, -0.25) is 0 Å². The Labute approximate surface area is 194 Å². The van der Waals surface area contributed by atoms with E-state index in [-0.39, 0.29) is 24.3 Å². The van der Waals surface area contributed by atoms with Gasteiger partial charge in [-0.1, -0.05) is 123 Å². The highest BCUT2D eigenvalue weighted by molar-refractivity contribution is 4.84. The van der Waals surface area contributed by atoms with E-state index < -0.39 is 0 Å². The maximum absolute atomic E-state index is 9.47. The quantitative estimate of drug-likeness (QED) is 0.228. The molecule has 0 amide bonds. The molecule has 31 heavy (non-hydrogen) atoms. The molecule has 6 N–H and O–H groups in total. The zero-order valence-electron chi connectivity index (χ0n) is 21.3. The van der Waals surface area contributed by atoms with Gasteiger partial charge in [0.1, 0.15) is 0 Å². The van der Waals surface area contributed by atoms with E-state index >= 15 is 0 Å². The molecule has 0 unspecified atom stereocenters. The molecule has 4 nitrogen and oxygen atoms in total. The zero-order valence-corrected chi connectivity index (χ0v) is 21.3. The smallest absolute Gasteiger partial charge is 0.0611 e. The van der Waals surface area contributed by atoms with Crippen LogP contribution < -0.4 is 11.5 Å². The van der Waals surface area contributed by atoms with E-state index in [0.717, 1.165) is 25.7 Å². The van der Waals surface area contributed by atoms with Crippen molar-refractivity contribution in [3.8, 4) is 0 Å². The molecule has 0 aliphatic heterocycles. The van der Waals surface area contributed by atoms with Crippen LogP contribution in [-0.4, -0.2) is 34.5 Å². The summed E-state index contributed by atoms with van der Waals surface area (Å²) in [6.07, 6.45) is 25.8. The summed E-state index contributed by atoms with van der Waals surface area (Å²) in [6.45, 7) is 4.77. The van der Waals surface area contributed by atoms with Crippen LogP contribution in [0.15, 0.2) is 0 Å². The van der Waals surface area contributed by atoms with Crippen molar-refractivity contribution >= 4 is 0 Å². The van der Waals surface area contributed by atoms with E-state index in [2.05, 4.69) is 13.8 Å². The zero-order chi connectivity index (χ0) is 23.3. The first-order valence-corrected chi connectivity index (χ1v) is 13.7. The Morgan fingerprint density at radius 2 is 1.03 bits per heavy atom. The molecular weight excluding hydrogens is 384 g/mol. The molecule has 1 saturated carbocycles. The molecule has 1 aliphatic rings. The van der Waals surface area contributed by atoms with E-state index in [1.807, 2.05) is 0 Å². The minimum atomic E-state index is -0.307. The van der Waals surface area contributed by atoms with E-state index in [1.54, 1.807) is 0 Å². The second-order valence-electron chi connectivity index (χ2n) is 10.3. The molecule has 188 valence electrons. The average molecular weight is 443 g/mol. The lowest BCUT2D eigenvalue weighted by Crippen LogP contribution is -2.43. The third-order valence-electron chi connectivity index (χ3n) is 7.04. The predicted molar refractivity (Wildman–Crippen MR) is 136 cm³/mol. The first kappa shape index (κ1) is 30.8. The van der Waals surface area contributed by atoms with Crippen LogP contribution in [0.1, 0.15) is 149 Å². The van der Waals surface area contributed by atoms with Crippen molar-refractivity contribution < 1.29 is 10.2 Å². The number of aliphatic hydroxyl groups is 2. The summed E-state index contributed by atoms with van der Waals surface area (Å²) in [5.41, 5.74) is 11.8. The van der Waals surface area contributed by atoms with Gasteiger partial charge in [0.05, 0.1) is 13.2 Å². The predicted octanol–water partition coefficient (Wildman–Crippen LogP) is 6.60. The largest absolute Gasteiger partial charge is 0.394 e. The summed E-state index contributed by atoms with van der Waals surface area (Å²) >= 11 is 0. The maximum atomic E-state index is 9.47. The molecule has 0 atom stereocenters. The highest BCUT2D eigenvalue weighted by Crippen LogP contribution is 2.23. The maximum Gasteiger partial charge on any atom is 0.0611 e. The molecule has 1 fully saturated rings. The topological polar surface area (TPSA) is 92.5 Å². The number of rotatable bonds is 14. The summed E-state index contributed by atoms with van der Waals surface area (Å²) in [5, 5.41) is 18.7. The van der Waals surface area contributed by atoms with Crippen LogP contribution >= 0.6 is 0 Å². The minimum absolute atomic E-state index is 0.147. The third-order valence-corrected chi connectivity index (χ3v) is 7.04. The van der Waals surface area contributed by atoms with Gasteiger partial charge in [-0.15, -0.1) is 0 Å². The number of aliphatic hydroxyl groups excluding tert-OH is 2. The van der Waals surface area contributed by atoms with Gasteiger partial charge in [0.15, 0.2) is 0 Å². The highest BCUT2D eigenvalue weighted by Gasteiger charge is 2.23. The lowest BCUT2D eigenvalue weighted by Gasteiger charge is -2.28. The van der Waals surface area contributed by atoms with Crippen LogP contribution in [0.5, 0.6) is 0 Å². The molecule has 4 heteroatoms. The minimum Gasteiger partial charge on any atom is -0.394 e. The average Bonchev–Trinajstić information content (AvgIpc) is 2.78. The Kier molecular flexibility index (Phi) is 20.3. The van der Waals surface area contributed by atoms with Crippen LogP contribution in [0.3, 0.4) is 0 Å². The van der Waals surface area contributed by atoms with Crippen LogP contribution in [0.25, 0.3) is 0 Å². The van der Waals surface area contributed by atoms with Gasteiger partial charge in [-0.2, -0.15) is 0 Å². The lowest BCUT2D eigenvalue weighted by atomic mass is 9.87. The van der Waals surface area contributed by atoms with Crippen LogP contribution in [0, 0.1) is 0 Å². The third kappa shape index (κ3) is 18.0. The van der Waals surface area contributed by atoms with Crippen molar-refractivity contribution in [1.82, 2.24) is 0 Å². The number of hydrogen-bond donors (Lipinski definition) is 4. The normalized spacial score (nSPS) is 17.6. The number of unbranched alkanes of at least 4 members (excludes halogenated alkanes) is 8. The van der Waals surface area contributed by atoms with Crippen molar-refractivity contribution in [2.24, 2.45) is 11.5 Å². The van der Waals surface area contributed by atoms with Crippen LogP contribution in [0.2, 0.25) is 0 Å². The van der Waals surface area contributed by atoms with Crippen molar-refractivity contribution in [3.05, 3.63) is 0 Å². The van der Waals surface area contributed by atoms with Gasteiger partial charge < -0.3 is 21.7 Å². The van der Waals surface area contributed by atoms with Gasteiger partial charge in [0.2, 0.25) is 0 Å². The number of hydrogen-bond acceptors (Lipinski definition) is 4. The Morgan fingerprint density at radius 3 is 1.39 bits per heavy atom. The molecule has 0 aromatic rings. The first-order chi connectivity index (χ1) is 14.9. The summed E-state index contributed by atoms with van der Waals surface area (Å²) in [7, 11) is 0. The van der Waals surface area contributed by atoms with E-state index in [9.17, 15) is 10.2 Å². The summed E-state index contributed by atoms with van der Waals surface area (Å²) in [6, 6.07) is 0. The Balaban J connectivity index is 0.000000609. The molecule has 0 aromatic carbocycles. The summed E-state index contributed by atoms with van der Waals surface area (Å²) < 4.78 is 0. The van der Waals surface area contributed by atoms with Crippen molar-refractivity contribution in [1.29, 1.82) is 0 Å². The molecule has 0 spiro atoms. The lowest BCUT2D eigenvalue weighted by molar-refractivity contribution is 0.170. The molecule has 1 rings (SSSR count). The number of nitrogens with two attached hydrogens (primary N) is 2. The Bertz CT molecular complexity index is 352. The monoisotopic (exact) mass is 442 g/mol. The van der Waals surface area contributed by atoms with Gasteiger partial charge in [-0.05, 0) is 25.7 Å². The SMILES string of the molecule is CCCCCCCC(N)(CO)CCCCCCC.NC1(CO)CCCCCCCCC1. The molecule has 0 radical (unpaired) electrons. The second-order valence-corrected chi connectivity index (χ2v) is 10.3. The van der Waals surface area contributed by atoms with E-state index in [4.69, 9.17) is 11.5 Å². The Hall–Kier alpha value is -0.160. The molecule has 0 aromatic heterocycles. The fourth-order valence-corrected chi connectivity index (χ4v) is 4.57. The standard InChI is InChI=1S/C16H35NO.C11H23NO/c1-3-5-7-9-11-13-16(17,15-18)14-12-10-8-6-4-2;12-11(10-13)8-6-4-2-1-3-5-7-9-11/h18H,3-15,17H2,1-2H3;13H,1-10,12H2. The molecular formula is C27H58N2O2. The Morgan fingerprint density at radius 1 is 0.645 bits per heavy atom. The van der Waals surface area contributed by atoms with Gasteiger partial charge in [-0.25, -0.2) is 0 Å². The first-order valence-electron chi connectivity index (χ1n) is 13.7. The summed E-state index contributed by atoms with van der Waals surface area (Å²) in [5.74, 6) is 0. The fraction of sp³-hybridized carbons (Fsp3) is 1.00. The van der Waals surface area contributed by atoms with Gasteiger partial charge >= 0.3 is 0 Å². The van der Waals surface area contributed by atoms with Crippen LogP contribution in [0.4, 0.5) is 0 Å². The van der Waals surface area contributed by atoms with E-state index in [1.165, 1.54) is 109 Å². The van der Waals surface area contributed by atoms with E-state index in [0.29, 0.717) is 0 Å². The van der Waals surface area contributed by atoms with Crippen molar-refractivity contribution in [3.63, 3.8) is 0 Å². The summed E-state index contributed by atoms with van der Waals surface area (Å²) in [4.78, 5) is 0. The second kappa shape index (κ2) is 20.4. The van der Waals surface area contributed by atoms with Crippen molar-refractivity contribution in [2.45, 2.75) is 160 Å². The van der Waals surface area contributed by atoms with Crippen LogP contribution in [-0.2, 0) is 0 Å². The highest BCUT2D eigenvalue weighted by atomic mass is 16.3. The molecule has 0 saturated heterocycles. The molecule has 1 aliphatic carbocycles. The van der Waals surface area contributed by atoms with Crippen molar-refractivity contribution in [2.75, 3.05) is 13.2 Å². The molecule has 0 bridgehead atoms. The molecule has 0 heterocycles.